The lowest BCUT2D eigenvalue weighted by Crippen LogP contribution is -2.26. The van der Waals surface area contributed by atoms with Crippen LogP contribution in [-0.2, 0) is 22.9 Å². The number of fused-ring (bicyclic) bond motifs is 1. The smallest absolute Gasteiger partial charge is 0.295 e. The Labute approximate surface area is 219 Å². The van der Waals surface area contributed by atoms with Gasteiger partial charge >= 0.3 is 0 Å². The molecule has 0 aliphatic heterocycles. The highest BCUT2D eigenvalue weighted by atomic mass is 32.2. The minimum absolute atomic E-state index is 0.00101. The van der Waals surface area contributed by atoms with Gasteiger partial charge in [0.2, 0.25) is 5.88 Å². The molecule has 38 heavy (non-hydrogen) atoms. The van der Waals surface area contributed by atoms with Crippen molar-refractivity contribution in [1.29, 1.82) is 0 Å². The Hall–Kier alpha value is -4.00. The van der Waals surface area contributed by atoms with Crippen LogP contribution in [0, 0.1) is 0 Å². The summed E-state index contributed by atoms with van der Waals surface area (Å²) in [7, 11) is -1.79. The van der Waals surface area contributed by atoms with Crippen molar-refractivity contribution in [3.8, 4) is 17.1 Å². The molecule has 4 heterocycles. The average molecular weight is 537 g/mol. The van der Waals surface area contributed by atoms with Gasteiger partial charge in [0.1, 0.15) is 6.33 Å². The predicted octanol–water partition coefficient (Wildman–Crippen LogP) is 2.74. The number of rotatable bonds is 10. The van der Waals surface area contributed by atoms with E-state index < -0.39 is 9.84 Å². The topological polar surface area (TPSA) is 155 Å². The van der Waals surface area contributed by atoms with Crippen molar-refractivity contribution in [1.82, 2.24) is 34.5 Å². The molecule has 1 aliphatic carbocycles. The fourth-order valence-electron chi connectivity index (χ4n) is 4.16. The van der Waals surface area contributed by atoms with Gasteiger partial charge in [0.15, 0.2) is 26.9 Å². The number of pyridine rings is 1. The minimum Gasteiger partial charge on any atom is -0.480 e. The molecule has 0 aromatic carbocycles. The predicted molar refractivity (Wildman–Crippen MR) is 141 cm³/mol. The molecule has 0 amide bonds. The molecule has 4 aromatic heterocycles. The van der Waals surface area contributed by atoms with Crippen LogP contribution in [0.1, 0.15) is 50.4 Å². The normalized spacial score (nSPS) is 13.6. The van der Waals surface area contributed by atoms with Gasteiger partial charge in [0, 0.05) is 18.7 Å². The largest absolute Gasteiger partial charge is 0.480 e. The number of aromatic nitrogens is 7. The average Bonchev–Trinajstić information content (AvgIpc) is 3.79. The SMILES string of the molecule is CCCn1c(=O)c(NCc2ccc(S(=O)(=O)CC)cn2)nc2ncc(-c3c(OC)ncnc3C3CC3)nc21. The molecule has 0 spiro atoms. The maximum absolute atomic E-state index is 13.4. The van der Waals surface area contributed by atoms with Crippen LogP contribution in [0.5, 0.6) is 5.88 Å². The van der Waals surface area contributed by atoms with Gasteiger partial charge in [-0.15, -0.1) is 0 Å². The molecule has 5 rings (SSSR count). The number of ether oxygens (including phenoxy) is 1. The van der Waals surface area contributed by atoms with E-state index in [9.17, 15) is 13.2 Å². The first-order chi connectivity index (χ1) is 18.4. The molecule has 0 radical (unpaired) electrons. The van der Waals surface area contributed by atoms with Gasteiger partial charge in [-0.2, -0.15) is 0 Å². The molecule has 4 aromatic rings. The van der Waals surface area contributed by atoms with E-state index in [1.165, 1.54) is 18.6 Å². The van der Waals surface area contributed by atoms with Gasteiger partial charge in [-0.3, -0.25) is 14.3 Å². The third-order valence-corrected chi connectivity index (χ3v) is 8.05. The zero-order chi connectivity index (χ0) is 26.9. The second-order valence-electron chi connectivity index (χ2n) is 8.98. The summed E-state index contributed by atoms with van der Waals surface area (Å²) in [5.41, 5.74) is 2.97. The molecular weight excluding hydrogens is 508 g/mol. The van der Waals surface area contributed by atoms with Crippen LogP contribution in [0.25, 0.3) is 22.6 Å². The molecule has 1 saturated carbocycles. The van der Waals surface area contributed by atoms with Gasteiger partial charge in [0.25, 0.3) is 5.56 Å². The fourth-order valence-corrected chi connectivity index (χ4v) is 4.98. The lowest BCUT2D eigenvalue weighted by molar-refractivity contribution is 0.397. The Morgan fingerprint density at radius 3 is 2.55 bits per heavy atom. The number of hydrogen-bond acceptors (Lipinski definition) is 11. The van der Waals surface area contributed by atoms with Crippen LogP contribution in [0.2, 0.25) is 0 Å². The molecule has 0 saturated heterocycles. The van der Waals surface area contributed by atoms with Crippen LogP contribution in [0.4, 0.5) is 5.82 Å². The Bertz CT molecular complexity index is 1650. The second kappa shape index (κ2) is 10.4. The van der Waals surface area contributed by atoms with Gasteiger partial charge < -0.3 is 10.1 Å². The molecule has 0 atom stereocenters. The van der Waals surface area contributed by atoms with Crippen molar-refractivity contribution in [3.05, 3.63) is 52.6 Å². The van der Waals surface area contributed by atoms with E-state index in [1.54, 1.807) is 30.9 Å². The van der Waals surface area contributed by atoms with E-state index in [4.69, 9.17) is 9.72 Å². The molecule has 12 nitrogen and oxygen atoms in total. The highest BCUT2D eigenvalue weighted by Gasteiger charge is 2.31. The molecular formula is C25H28N8O4S. The third kappa shape index (κ3) is 4.93. The summed E-state index contributed by atoms with van der Waals surface area (Å²) >= 11 is 0. The summed E-state index contributed by atoms with van der Waals surface area (Å²) in [6.45, 7) is 4.16. The van der Waals surface area contributed by atoms with E-state index in [0.717, 1.165) is 18.5 Å². The van der Waals surface area contributed by atoms with Crippen molar-refractivity contribution in [3.63, 3.8) is 0 Å². The van der Waals surface area contributed by atoms with E-state index in [2.05, 4.69) is 30.2 Å². The lowest BCUT2D eigenvalue weighted by atomic mass is 10.1. The number of aryl methyl sites for hydroxylation is 1. The zero-order valence-corrected chi connectivity index (χ0v) is 22.2. The van der Waals surface area contributed by atoms with E-state index in [-0.39, 0.29) is 28.6 Å². The third-order valence-electron chi connectivity index (χ3n) is 6.33. The number of sulfone groups is 1. The van der Waals surface area contributed by atoms with E-state index in [0.29, 0.717) is 53.0 Å². The van der Waals surface area contributed by atoms with Gasteiger partial charge in [-0.25, -0.2) is 33.3 Å². The first-order valence-corrected chi connectivity index (χ1v) is 14.1. The van der Waals surface area contributed by atoms with Gasteiger partial charge in [0.05, 0.1) is 53.1 Å². The highest BCUT2D eigenvalue weighted by molar-refractivity contribution is 7.91. The highest BCUT2D eigenvalue weighted by Crippen LogP contribution is 2.45. The summed E-state index contributed by atoms with van der Waals surface area (Å²) in [5.74, 6) is 0.849. The van der Waals surface area contributed by atoms with Crippen LogP contribution in [0.3, 0.4) is 0 Å². The number of nitrogens with one attached hydrogen (secondary N) is 1. The summed E-state index contributed by atoms with van der Waals surface area (Å²) in [6, 6.07) is 3.12. The van der Waals surface area contributed by atoms with Crippen LogP contribution in [-0.4, -0.2) is 55.8 Å². The van der Waals surface area contributed by atoms with Crippen molar-refractivity contribution >= 4 is 26.9 Å². The van der Waals surface area contributed by atoms with E-state index >= 15 is 0 Å². The quantitative estimate of drug-likeness (QED) is 0.318. The number of anilines is 1. The van der Waals surface area contributed by atoms with E-state index in [1.807, 2.05) is 6.92 Å². The summed E-state index contributed by atoms with van der Waals surface area (Å²) in [6.07, 6.45) is 7.19. The molecule has 1 N–H and O–H groups in total. The second-order valence-corrected chi connectivity index (χ2v) is 11.3. The molecule has 1 aliphatic rings. The Balaban J connectivity index is 1.50. The van der Waals surface area contributed by atoms with Crippen LogP contribution < -0.4 is 15.6 Å². The maximum Gasteiger partial charge on any atom is 0.295 e. The van der Waals surface area contributed by atoms with Crippen molar-refractivity contribution in [2.75, 3.05) is 18.2 Å². The zero-order valence-electron chi connectivity index (χ0n) is 21.4. The molecule has 1 fully saturated rings. The van der Waals surface area contributed by atoms with Crippen molar-refractivity contribution in [2.24, 2.45) is 0 Å². The Kier molecular flexibility index (Phi) is 7.02. The number of methoxy groups -OCH3 is 1. The Morgan fingerprint density at radius 2 is 1.89 bits per heavy atom. The summed E-state index contributed by atoms with van der Waals surface area (Å²) in [4.78, 5) is 40.3. The van der Waals surface area contributed by atoms with Gasteiger partial charge in [-0.05, 0) is 31.4 Å². The first-order valence-electron chi connectivity index (χ1n) is 12.4. The molecule has 198 valence electrons. The lowest BCUT2D eigenvalue weighted by Gasteiger charge is -2.14. The van der Waals surface area contributed by atoms with Crippen molar-refractivity contribution < 1.29 is 13.2 Å². The summed E-state index contributed by atoms with van der Waals surface area (Å²) in [5, 5.41) is 3.03. The minimum atomic E-state index is -3.34. The monoisotopic (exact) mass is 536 g/mol. The molecule has 0 bridgehead atoms. The molecule has 13 heteroatoms. The maximum atomic E-state index is 13.4. The number of hydrogen-bond donors (Lipinski definition) is 1. The van der Waals surface area contributed by atoms with Crippen LogP contribution >= 0.6 is 0 Å². The van der Waals surface area contributed by atoms with Crippen LogP contribution in [0.15, 0.2) is 40.5 Å². The molecule has 0 unspecified atom stereocenters. The number of nitrogens with zero attached hydrogens (tertiary/aromatic N) is 7. The summed E-state index contributed by atoms with van der Waals surface area (Å²) < 4.78 is 31.1. The first kappa shape index (κ1) is 25.6. The Morgan fingerprint density at radius 1 is 1.08 bits per heavy atom. The van der Waals surface area contributed by atoms with Crippen molar-refractivity contribution in [2.45, 2.75) is 57.0 Å². The standard InChI is InChI=1S/C25H28N8O4S/c1-4-10-33-23-21(28-13-18(31-23)19-20(15-6-7-15)29-14-30-24(19)37-3)32-22(25(33)34)27-11-16-8-9-17(12-26-16)38(35,36)5-2/h8-9,12-15H,4-7,10-11H2,1-3H3,(H,27,28,32). The fraction of sp³-hybridized carbons (Fsp3) is 0.400. The van der Waals surface area contributed by atoms with Gasteiger partial charge in [-0.1, -0.05) is 13.8 Å².